The number of alkyl halides is 3. The van der Waals surface area contributed by atoms with Crippen LogP contribution in [0.4, 0.5) is 17.6 Å². The first-order chi connectivity index (χ1) is 16.6. The van der Waals surface area contributed by atoms with Crippen LogP contribution in [0.5, 0.6) is 5.75 Å². The highest BCUT2D eigenvalue weighted by atomic mass is 32.1. The number of amides is 1. The lowest BCUT2D eigenvalue weighted by Gasteiger charge is -2.11. The lowest BCUT2D eigenvalue weighted by Crippen LogP contribution is -2.23. The van der Waals surface area contributed by atoms with Crippen molar-refractivity contribution in [2.75, 3.05) is 0 Å². The van der Waals surface area contributed by atoms with Gasteiger partial charge in [0.05, 0.1) is 10.4 Å². The number of ether oxygens (including phenoxy) is 1. The van der Waals surface area contributed by atoms with E-state index in [-0.39, 0.29) is 17.9 Å². The molecule has 0 spiro atoms. The van der Waals surface area contributed by atoms with E-state index in [9.17, 15) is 27.2 Å². The summed E-state index contributed by atoms with van der Waals surface area (Å²) in [6.45, 7) is 3.19. The van der Waals surface area contributed by atoms with Gasteiger partial charge in [0, 0.05) is 28.8 Å². The number of benzene rings is 2. The second-order valence-electron chi connectivity index (χ2n) is 7.72. The van der Waals surface area contributed by atoms with Gasteiger partial charge in [0.1, 0.15) is 17.3 Å². The molecule has 0 atom stereocenters. The number of aryl methyl sites for hydroxylation is 1. The second kappa shape index (κ2) is 9.49. The van der Waals surface area contributed by atoms with Crippen LogP contribution in [0.2, 0.25) is 0 Å². The van der Waals surface area contributed by atoms with Gasteiger partial charge < -0.3 is 10.1 Å². The minimum absolute atomic E-state index is 0.0677. The molecular weight excluding hydrogens is 486 g/mol. The van der Waals surface area contributed by atoms with Crippen molar-refractivity contribution in [1.82, 2.24) is 15.5 Å². The van der Waals surface area contributed by atoms with E-state index in [4.69, 9.17) is 0 Å². The number of rotatable bonds is 7. The fraction of sp³-hybridized carbons (Fsp3) is 0.208. The number of carbonyl (C=O) groups excluding carboxylic acids is 2. The monoisotopic (exact) mass is 505 g/mol. The van der Waals surface area contributed by atoms with Crippen LogP contribution in [0.1, 0.15) is 44.6 Å². The number of carbonyl (C=O) groups is 2. The highest BCUT2D eigenvalue weighted by molar-refractivity contribution is 7.17. The molecule has 0 saturated carbocycles. The SMILES string of the molecule is CCC(=O)c1n[nH]c2cc(-c3cc(C)c(C(=O)NCc4cc(OC(F)(F)F)ccc4F)s3)ccc12. The van der Waals surface area contributed by atoms with Crippen LogP contribution in [0, 0.1) is 12.7 Å². The van der Waals surface area contributed by atoms with Crippen LogP contribution in [0.25, 0.3) is 21.3 Å². The molecule has 2 heterocycles. The van der Waals surface area contributed by atoms with Gasteiger partial charge in [-0.3, -0.25) is 14.7 Å². The fourth-order valence-electron chi connectivity index (χ4n) is 3.54. The maximum atomic E-state index is 14.0. The highest BCUT2D eigenvalue weighted by Crippen LogP contribution is 2.33. The van der Waals surface area contributed by atoms with Crippen LogP contribution >= 0.6 is 11.3 Å². The van der Waals surface area contributed by atoms with E-state index in [0.29, 0.717) is 33.5 Å². The van der Waals surface area contributed by atoms with E-state index in [1.54, 1.807) is 19.9 Å². The third-order valence-corrected chi connectivity index (χ3v) is 6.53. The van der Waals surface area contributed by atoms with Crippen molar-refractivity contribution in [1.29, 1.82) is 0 Å². The maximum absolute atomic E-state index is 14.0. The zero-order valence-electron chi connectivity index (χ0n) is 18.5. The van der Waals surface area contributed by atoms with Crippen molar-refractivity contribution in [3.05, 3.63) is 70.0 Å². The standard InChI is InChI=1S/C24H19F4N3O3S/c1-3-19(32)21-16-6-4-13(10-18(16)30-31-21)20-8-12(2)22(35-20)23(33)29-11-14-9-15(5-7-17(14)25)34-24(26,27)28/h4-10H,3,11H2,1-2H3,(H,29,33)(H,30,31). The molecule has 4 rings (SSSR count). The smallest absolute Gasteiger partial charge is 0.406 e. The van der Waals surface area contributed by atoms with Crippen molar-refractivity contribution in [2.24, 2.45) is 0 Å². The van der Waals surface area contributed by atoms with E-state index in [1.807, 2.05) is 18.2 Å². The fourth-order valence-corrected chi connectivity index (χ4v) is 4.63. The van der Waals surface area contributed by atoms with Gasteiger partial charge in [-0.2, -0.15) is 5.10 Å². The molecule has 182 valence electrons. The molecule has 35 heavy (non-hydrogen) atoms. The summed E-state index contributed by atoms with van der Waals surface area (Å²) in [4.78, 5) is 25.9. The van der Waals surface area contributed by atoms with Gasteiger partial charge in [-0.15, -0.1) is 24.5 Å². The van der Waals surface area contributed by atoms with E-state index >= 15 is 0 Å². The van der Waals surface area contributed by atoms with Crippen molar-refractivity contribution >= 4 is 33.9 Å². The summed E-state index contributed by atoms with van der Waals surface area (Å²) in [7, 11) is 0. The molecule has 0 saturated heterocycles. The van der Waals surface area contributed by atoms with E-state index < -0.39 is 23.8 Å². The van der Waals surface area contributed by atoms with Crippen LogP contribution in [0.15, 0.2) is 42.5 Å². The summed E-state index contributed by atoms with van der Waals surface area (Å²) in [5.41, 5.74) is 2.42. The van der Waals surface area contributed by atoms with Gasteiger partial charge in [-0.25, -0.2) is 4.39 Å². The Kier molecular flexibility index (Phi) is 6.62. The van der Waals surface area contributed by atoms with Crippen LogP contribution < -0.4 is 10.1 Å². The minimum Gasteiger partial charge on any atom is -0.406 e. The van der Waals surface area contributed by atoms with Crippen molar-refractivity contribution < 1.29 is 31.9 Å². The van der Waals surface area contributed by atoms with Crippen molar-refractivity contribution in [2.45, 2.75) is 33.2 Å². The Morgan fingerprint density at radius 3 is 2.63 bits per heavy atom. The zero-order valence-corrected chi connectivity index (χ0v) is 19.4. The number of Topliss-reactive ketones (excluding diaryl/α,β-unsaturated/α-hetero) is 1. The van der Waals surface area contributed by atoms with Gasteiger partial charge in [0.15, 0.2) is 5.78 Å². The number of hydrogen-bond donors (Lipinski definition) is 2. The predicted molar refractivity (Wildman–Crippen MR) is 123 cm³/mol. The van der Waals surface area contributed by atoms with E-state index in [2.05, 4.69) is 20.3 Å². The van der Waals surface area contributed by atoms with Gasteiger partial charge in [-0.05, 0) is 54.4 Å². The molecule has 0 radical (unpaired) electrons. The second-order valence-corrected chi connectivity index (χ2v) is 8.77. The number of ketones is 1. The molecule has 2 aromatic heterocycles. The molecule has 2 N–H and O–H groups in total. The lowest BCUT2D eigenvalue weighted by atomic mass is 10.1. The molecular formula is C24H19F4N3O3S. The first kappa shape index (κ1) is 24.4. The summed E-state index contributed by atoms with van der Waals surface area (Å²) < 4.78 is 55.1. The molecule has 0 fully saturated rings. The predicted octanol–water partition coefficient (Wildman–Crippen LogP) is 6.16. The molecule has 0 bridgehead atoms. The summed E-state index contributed by atoms with van der Waals surface area (Å²) in [6.07, 6.45) is -4.57. The third kappa shape index (κ3) is 5.35. The minimum atomic E-state index is -4.91. The number of H-pyrrole nitrogens is 1. The average molecular weight is 505 g/mol. The van der Waals surface area contributed by atoms with Crippen molar-refractivity contribution in [3.63, 3.8) is 0 Å². The number of fused-ring (bicyclic) bond motifs is 1. The Bertz CT molecular complexity index is 1430. The molecule has 11 heteroatoms. The Morgan fingerprint density at radius 2 is 1.91 bits per heavy atom. The quantitative estimate of drug-likeness (QED) is 0.233. The highest BCUT2D eigenvalue weighted by Gasteiger charge is 2.31. The Labute approximate surface area is 200 Å². The summed E-state index contributed by atoms with van der Waals surface area (Å²) in [5, 5.41) is 10.2. The Balaban J connectivity index is 1.51. The molecule has 4 aromatic rings. The average Bonchev–Trinajstić information content (AvgIpc) is 3.41. The largest absolute Gasteiger partial charge is 0.573 e. The van der Waals surface area contributed by atoms with Gasteiger partial charge in [0.25, 0.3) is 5.91 Å². The number of nitrogens with one attached hydrogen (secondary N) is 2. The Hall–Kier alpha value is -3.73. The molecule has 2 aromatic carbocycles. The number of halogens is 4. The topological polar surface area (TPSA) is 84.1 Å². The molecule has 1 amide bonds. The number of hydrogen-bond acceptors (Lipinski definition) is 5. The Morgan fingerprint density at radius 1 is 1.14 bits per heavy atom. The number of aromatic nitrogens is 2. The molecule has 0 aliphatic heterocycles. The summed E-state index contributed by atoms with van der Waals surface area (Å²) in [5.74, 6) is -1.89. The van der Waals surface area contributed by atoms with Crippen LogP contribution in [-0.2, 0) is 6.54 Å². The first-order valence-electron chi connectivity index (χ1n) is 10.5. The van der Waals surface area contributed by atoms with Crippen LogP contribution in [0.3, 0.4) is 0 Å². The first-order valence-corrected chi connectivity index (χ1v) is 11.3. The molecule has 0 aliphatic rings. The number of aromatic amines is 1. The normalized spacial score (nSPS) is 11.6. The lowest BCUT2D eigenvalue weighted by molar-refractivity contribution is -0.274. The maximum Gasteiger partial charge on any atom is 0.573 e. The van der Waals surface area contributed by atoms with Gasteiger partial charge >= 0.3 is 6.36 Å². The number of nitrogens with zero attached hydrogens (tertiary/aromatic N) is 1. The van der Waals surface area contributed by atoms with Crippen molar-refractivity contribution in [3.8, 4) is 16.2 Å². The number of thiophene rings is 1. The van der Waals surface area contributed by atoms with Gasteiger partial charge in [0.2, 0.25) is 0 Å². The third-order valence-electron chi connectivity index (χ3n) is 5.25. The van der Waals surface area contributed by atoms with E-state index in [0.717, 1.165) is 28.6 Å². The summed E-state index contributed by atoms with van der Waals surface area (Å²) >= 11 is 1.22. The molecule has 0 aliphatic carbocycles. The van der Waals surface area contributed by atoms with Crippen LogP contribution in [-0.4, -0.2) is 28.3 Å². The molecule has 6 nitrogen and oxygen atoms in total. The summed E-state index contributed by atoms with van der Waals surface area (Å²) in [6, 6.07) is 9.90. The van der Waals surface area contributed by atoms with E-state index in [1.165, 1.54) is 11.3 Å². The molecule has 0 unspecified atom stereocenters. The zero-order chi connectivity index (χ0) is 25.3. The van der Waals surface area contributed by atoms with Gasteiger partial charge in [-0.1, -0.05) is 13.0 Å².